The van der Waals surface area contributed by atoms with Crippen molar-refractivity contribution in [2.75, 3.05) is 0 Å². The van der Waals surface area contributed by atoms with Crippen molar-refractivity contribution < 1.29 is 4.79 Å². The van der Waals surface area contributed by atoms with Crippen LogP contribution in [0.3, 0.4) is 0 Å². The number of nitrogens with two attached hydrogens (primary N) is 1. The van der Waals surface area contributed by atoms with Crippen LogP contribution in [0.25, 0.3) is 10.1 Å². The number of carbonyl (C=O) groups excluding carboxylic acids is 1. The molecule has 0 spiro atoms. The molecule has 2 aliphatic rings. The zero-order valence-electron chi connectivity index (χ0n) is 16.1. The van der Waals surface area contributed by atoms with E-state index < -0.39 is 0 Å². The van der Waals surface area contributed by atoms with E-state index in [1.165, 1.54) is 28.5 Å². The Balaban J connectivity index is 1.34. The predicted octanol–water partition coefficient (Wildman–Crippen LogP) is 5.79. The van der Waals surface area contributed by atoms with Crippen molar-refractivity contribution >= 4 is 27.2 Å². The topological polar surface area (TPSA) is 56.0 Å². The van der Waals surface area contributed by atoms with Gasteiger partial charge in [0.05, 0.1) is 5.69 Å². The van der Waals surface area contributed by atoms with Crippen LogP contribution in [-0.2, 0) is 6.54 Å². The molecule has 2 fully saturated rings. The Hall–Kier alpha value is -2.04. The quantitative estimate of drug-likeness (QED) is 0.561. The van der Waals surface area contributed by atoms with Gasteiger partial charge in [0, 0.05) is 17.2 Å². The summed E-state index contributed by atoms with van der Waals surface area (Å²) in [6.07, 6.45) is 6.47. The van der Waals surface area contributed by atoms with Gasteiger partial charge in [-0.05, 0) is 84.4 Å². The number of nitrogens with zero attached hydrogens (tertiary/aromatic N) is 1. The maximum absolute atomic E-state index is 13.3. The van der Waals surface area contributed by atoms with Gasteiger partial charge in [-0.1, -0.05) is 24.3 Å². The van der Waals surface area contributed by atoms with E-state index in [9.17, 15) is 4.79 Å². The van der Waals surface area contributed by atoms with Crippen LogP contribution in [0.5, 0.6) is 0 Å². The molecule has 5 rings (SSSR count). The first-order chi connectivity index (χ1) is 13.7. The Labute approximate surface area is 170 Å². The summed E-state index contributed by atoms with van der Waals surface area (Å²) in [5.74, 6) is 1.48. The molecule has 0 radical (unpaired) electrons. The average Bonchev–Trinajstić information content (AvgIpc) is 3.51. The number of thiophene rings is 1. The summed E-state index contributed by atoms with van der Waals surface area (Å²) in [4.78, 5) is 18.0. The molecule has 0 atom stereocenters. The van der Waals surface area contributed by atoms with Gasteiger partial charge in [0.15, 0.2) is 5.78 Å². The molecule has 4 heteroatoms. The molecule has 3 nitrogen and oxygen atoms in total. The van der Waals surface area contributed by atoms with Gasteiger partial charge in [-0.3, -0.25) is 4.79 Å². The molecule has 2 heterocycles. The lowest BCUT2D eigenvalue weighted by atomic mass is 9.76. The lowest BCUT2D eigenvalue weighted by Gasteiger charge is -2.28. The number of hydrogen-bond acceptors (Lipinski definition) is 4. The molecule has 2 saturated carbocycles. The minimum atomic E-state index is 0.110. The number of Topliss-reactive ketones (excluding diaryl/α,β-unsaturated/α-hetero) is 1. The van der Waals surface area contributed by atoms with Gasteiger partial charge in [0.1, 0.15) is 5.69 Å². The first kappa shape index (κ1) is 18.0. The third-order valence-corrected chi connectivity index (χ3v) is 7.47. The number of hydrogen-bond donors (Lipinski definition) is 1. The lowest BCUT2D eigenvalue weighted by molar-refractivity contribution is 0.0877. The van der Waals surface area contributed by atoms with Crippen molar-refractivity contribution in [1.82, 2.24) is 4.98 Å². The van der Waals surface area contributed by atoms with Crippen molar-refractivity contribution in [2.45, 2.75) is 56.9 Å². The van der Waals surface area contributed by atoms with E-state index in [1.807, 2.05) is 17.4 Å². The van der Waals surface area contributed by atoms with E-state index in [4.69, 9.17) is 5.73 Å². The number of benzene rings is 1. The molecule has 0 amide bonds. The van der Waals surface area contributed by atoms with E-state index in [0.29, 0.717) is 18.4 Å². The zero-order chi connectivity index (χ0) is 19.1. The zero-order valence-corrected chi connectivity index (χ0v) is 16.9. The largest absolute Gasteiger partial charge is 0.325 e. The Morgan fingerprint density at radius 3 is 2.43 bits per heavy atom. The van der Waals surface area contributed by atoms with Crippen molar-refractivity contribution in [3.8, 4) is 0 Å². The maximum Gasteiger partial charge on any atom is 0.184 e. The molecule has 2 N–H and O–H groups in total. The molecule has 28 heavy (non-hydrogen) atoms. The molecular weight excluding hydrogens is 364 g/mol. The Kier molecular flexibility index (Phi) is 4.77. The average molecular weight is 391 g/mol. The molecule has 3 aromatic rings. The summed E-state index contributed by atoms with van der Waals surface area (Å²) in [6, 6.07) is 12.8. The van der Waals surface area contributed by atoms with E-state index in [2.05, 4.69) is 40.7 Å². The number of carbonyl (C=O) groups is 1. The molecule has 0 bridgehead atoms. The fourth-order valence-corrected chi connectivity index (χ4v) is 5.76. The van der Waals surface area contributed by atoms with Crippen molar-refractivity contribution in [1.29, 1.82) is 0 Å². The number of rotatable bonds is 5. The third kappa shape index (κ3) is 3.29. The minimum absolute atomic E-state index is 0.110. The van der Waals surface area contributed by atoms with Gasteiger partial charge >= 0.3 is 0 Å². The fraction of sp³-hybridized carbons (Fsp3) is 0.417. The monoisotopic (exact) mass is 390 g/mol. The van der Waals surface area contributed by atoms with Crippen LogP contribution >= 0.6 is 11.3 Å². The number of aromatic nitrogens is 1. The SMILES string of the molecule is NCc1ccc(C2CC2)c(C(=O)C2CCC(c3csc4ccccc34)CC2)n1. The minimum Gasteiger partial charge on any atom is -0.325 e. The van der Waals surface area contributed by atoms with Crippen LogP contribution in [-0.4, -0.2) is 10.8 Å². The summed E-state index contributed by atoms with van der Waals surface area (Å²) in [7, 11) is 0. The highest BCUT2D eigenvalue weighted by Crippen LogP contribution is 2.44. The van der Waals surface area contributed by atoms with Crippen molar-refractivity contribution in [2.24, 2.45) is 11.7 Å². The predicted molar refractivity (Wildman–Crippen MR) is 115 cm³/mol. The molecule has 2 aromatic heterocycles. The van der Waals surface area contributed by atoms with Crippen LogP contribution < -0.4 is 5.73 Å². The summed E-state index contributed by atoms with van der Waals surface area (Å²) in [6.45, 7) is 0.392. The fourth-order valence-electron chi connectivity index (χ4n) is 4.72. The molecular formula is C24H26N2OS. The second-order valence-corrected chi connectivity index (χ2v) is 9.23. The molecule has 144 valence electrons. The highest BCUT2D eigenvalue weighted by atomic mass is 32.1. The van der Waals surface area contributed by atoms with Crippen molar-refractivity contribution in [3.63, 3.8) is 0 Å². The van der Waals surface area contributed by atoms with Crippen LogP contribution in [0.15, 0.2) is 41.8 Å². The van der Waals surface area contributed by atoms with E-state index >= 15 is 0 Å². The van der Waals surface area contributed by atoms with Crippen LogP contribution in [0.1, 0.15) is 77.7 Å². The van der Waals surface area contributed by atoms with E-state index in [1.54, 1.807) is 0 Å². The molecule has 2 aliphatic carbocycles. The summed E-state index contributed by atoms with van der Waals surface area (Å²) < 4.78 is 1.37. The Morgan fingerprint density at radius 2 is 1.68 bits per heavy atom. The first-order valence-corrected chi connectivity index (χ1v) is 11.3. The summed E-state index contributed by atoms with van der Waals surface area (Å²) in [5, 5.41) is 3.73. The smallest absolute Gasteiger partial charge is 0.184 e. The number of ketones is 1. The summed E-state index contributed by atoms with van der Waals surface area (Å²) >= 11 is 1.84. The van der Waals surface area contributed by atoms with Crippen LogP contribution in [0.4, 0.5) is 0 Å². The van der Waals surface area contributed by atoms with Gasteiger partial charge in [-0.15, -0.1) is 11.3 Å². The van der Waals surface area contributed by atoms with Gasteiger partial charge in [0.2, 0.25) is 0 Å². The molecule has 0 saturated heterocycles. The van der Waals surface area contributed by atoms with Crippen LogP contribution in [0.2, 0.25) is 0 Å². The standard InChI is InChI=1S/C24H26N2OS/c25-13-18-11-12-19(15-5-6-15)23(26-18)24(27)17-9-7-16(8-10-17)21-14-28-22-4-2-1-3-20(21)22/h1-4,11-12,14-17H,5-10,13,25H2. The number of pyridine rings is 1. The second kappa shape index (κ2) is 7.41. The van der Waals surface area contributed by atoms with Crippen molar-refractivity contribution in [3.05, 3.63) is 64.3 Å². The van der Waals surface area contributed by atoms with Gasteiger partial charge in [-0.25, -0.2) is 4.98 Å². The molecule has 0 unspecified atom stereocenters. The second-order valence-electron chi connectivity index (χ2n) is 8.32. The normalized spacial score (nSPS) is 22.5. The third-order valence-electron chi connectivity index (χ3n) is 6.49. The van der Waals surface area contributed by atoms with Gasteiger partial charge in [0.25, 0.3) is 0 Å². The lowest BCUT2D eigenvalue weighted by Crippen LogP contribution is -2.23. The van der Waals surface area contributed by atoms with E-state index in [-0.39, 0.29) is 11.7 Å². The molecule has 1 aromatic carbocycles. The summed E-state index contributed by atoms with van der Waals surface area (Å²) in [5.41, 5.74) is 9.97. The molecule has 0 aliphatic heterocycles. The van der Waals surface area contributed by atoms with Gasteiger partial charge in [-0.2, -0.15) is 0 Å². The van der Waals surface area contributed by atoms with Crippen LogP contribution in [0, 0.1) is 5.92 Å². The number of fused-ring (bicyclic) bond motifs is 1. The highest BCUT2D eigenvalue weighted by Gasteiger charge is 2.34. The van der Waals surface area contributed by atoms with E-state index in [0.717, 1.165) is 42.6 Å². The first-order valence-electron chi connectivity index (χ1n) is 10.4. The van der Waals surface area contributed by atoms with Gasteiger partial charge < -0.3 is 5.73 Å². The maximum atomic E-state index is 13.3. The Morgan fingerprint density at radius 1 is 0.964 bits per heavy atom. The highest BCUT2D eigenvalue weighted by molar-refractivity contribution is 7.17. The Bertz CT molecular complexity index is 1010.